The first-order valence-corrected chi connectivity index (χ1v) is 9.93. The summed E-state index contributed by atoms with van der Waals surface area (Å²) < 4.78 is 17.7. The minimum atomic E-state index is -0.914. The van der Waals surface area contributed by atoms with Crippen molar-refractivity contribution in [2.24, 2.45) is 17.8 Å². The summed E-state index contributed by atoms with van der Waals surface area (Å²) in [7, 11) is 3.37. The van der Waals surface area contributed by atoms with Crippen LogP contribution in [0.15, 0.2) is 24.3 Å². The van der Waals surface area contributed by atoms with Gasteiger partial charge in [0, 0.05) is 24.5 Å². The smallest absolute Gasteiger partial charge is 0.260 e. The van der Waals surface area contributed by atoms with E-state index >= 15 is 0 Å². The second-order valence-electron chi connectivity index (χ2n) is 8.61. The van der Waals surface area contributed by atoms with Crippen molar-refractivity contribution in [3.8, 4) is 5.75 Å². The zero-order valence-corrected chi connectivity index (χ0v) is 16.0. The molecular weight excluding hydrogens is 348 g/mol. The minimum Gasteiger partial charge on any atom is -0.497 e. The summed E-state index contributed by atoms with van der Waals surface area (Å²) in [5.41, 5.74) is 0.322. The predicted octanol–water partition coefficient (Wildman–Crippen LogP) is 2.78. The second-order valence-corrected chi connectivity index (χ2v) is 8.61. The Morgan fingerprint density at radius 2 is 1.89 bits per heavy atom. The van der Waals surface area contributed by atoms with E-state index in [1.807, 2.05) is 24.3 Å². The number of aliphatic hydroxyl groups excluding tert-OH is 1. The van der Waals surface area contributed by atoms with Gasteiger partial charge in [-0.25, -0.2) is 4.89 Å². The topological polar surface area (TPSA) is 66.4 Å². The highest BCUT2D eigenvalue weighted by molar-refractivity contribution is 5.36. The van der Waals surface area contributed by atoms with Crippen molar-refractivity contribution in [3.05, 3.63) is 29.8 Å². The van der Waals surface area contributed by atoms with Crippen molar-refractivity contribution in [2.45, 2.75) is 49.1 Å². The fourth-order valence-electron chi connectivity index (χ4n) is 6.63. The predicted molar refractivity (Wildman–Crippen MR) is 95.9 cm³/mol. The van der Waals surface area contributed by atoms with Gasteiger partial charge in [0.05, 0.1) is 25.9 Å². The molecule has 1 spiro atoms. The lowest BCUT2D eigenvalue weighted by atomic mass is 9.45. The van der Waals surface area contributed by atoms with Gasteiger partial charge in [0.1, 0.15) is 5.75 Å². The molecule has 3 atom stereocenters. The molecule has 1 N–H and O–H groups in total. The molecule has 1 aliphatic heterocycles. The van der Waals surface area contributed by atoms with Gasteiger partial charge < -0.3 is 19.3 Å². The van der Waals surface area contributed by atoms with Crippen LogP contribution in [0.25, 0.3) is 0 Å². The van der Waals surface area contributed by atoms with Crippen LogP contribution in [-0.2, 0) is 25.0 Å². The quantitative estimate of drug-likeness (QED) is 0.770. The van der Waals surface area contributed by atoms with Gasteiger partial charge in [-0.3, -0.25) is 0 Å². The third-order valence-electron chi connectivity index (χ3n) is 7.39. The highest BCUT2D eigenvalue weighted by Crippen LogP contribution is 2.70. The number of aliphatic hydroxyl groups is 1. The van der Waals surface area contributed by atoms with E-state index in [9.17, 15) is 5.11 Å². The van der Waals surface area contributed by atoms with Crippen LogP contribution in [0, 0.1) is 17.8 Å². The first-order chi connectivity index (χ1) is 13.1. The Labute approximate surface area is 159 Å². The maximum atomic E-state index is 9.25. The van der Waals surface area contributed by atoms with Crippen molar-refractivity contribution in [3.63, 3.8) is 0 Å². The molecule has 6 nitrogen and oxygen atoms in total. The van der Waals surface area contributed by atoms with Crippen molar-refractivity contribution in [2.75, 3.05) is 27.4 Å². The van der Waals surface area contributed by atoms with Gasteiger partial charge in [-0.1, -0.05) is 12.1 Å². The molecule has 5 fully saturated rings. The molecule has 4 saturated carbocycles. The summed E-state index contributed by atoms with van der Waals surface area (Å²) in [6.07, 6.45) is 5.17. The molecule has 3 unspecified atom stereocenters. The van der Waals surface area contributed by atoms with E-state index in [2.05, 4.69) is 0 Å². The third-order valence-corrected chi connectivity index (χ3v) is 7.39. The van der Waals surface area contributed by atoms with E-state index in [4.69, 9.17) is 24.0 Å². The van der Waals surface area contributed by atoms with Crippen LogP contribution in [0.4, 0.5) is 0 Å². The maximum absolute atomic E-state index is 9.25. The summed E-state index contributed by atoms with van der Waals surface area (Å²) >= 11 is 0. The summed E-state index contributed by atoms with van der Waals surface area (Å²) in [6, 6.07) is 7.90. The normalized spacial score (nSPS) is 44.5. The van der Waals surface area contributed by atoms with E-state index in [1.54, 1.807) is 14.2 Å². The molecule has 1 aromatic rings. The van der Waals surface area contributed by atoms with E-state index in [0.717, 1.165) is 43.4 Å². The Bertz CT molecular complexity index is 700. The molecule has 5 aliphatic rings. The zero-order valence-electron chi connectivity index (χ0n) is 16.0. The molecule has 1 aromatic carbocycles. The monoisotopic (exact) mass is 376 g/mol. The van der Waals surface area contributed by atoms with Gasteiger partial charge >= 0.3 is 0 Å². The summed E-state index contributed by atoms with van der Waals surface area (Å²) in [6.45, 7) is 0.472. The van der Waals surface area contributed by atoms with Crippen LogP contribution in [0.1, 0.15) is 37.7 Å². The first kappa shape index (κ1) is 17.9. The van der Waals surface area contributed by atoms with Crippen LogP contribution in [0.3, 0.4) is 0 Å². The van der Waals surface area contributed by atoms with E-state index in [-0.39, 0.29) is 12.2 Å². The summed E-state index contributed by atoms with van der Waals surface area (Å²) in [5.74, 6) is 1.13. The standard InChI is InChI=1S/C21H28O6/c1-23-18-5-3-4-15(10-18)21(24-2)20(26-27-21)16-8-14-9-17(20)13-19(11-14,12-16)25-7-6-22/h3-5,10,14,16-17,22H,6-9,11-13H2,1-2H3. The lowest BCUT2D eigenvalue weighted by Gasteiger charge is -2.70. The summed E-state index contributed by atoms with van der Waals surface area (Å²) in [4.78, 5) is 11.8. The number of benzene rings is 1. The van der Waals surface area contributed by atoms with Gasteiger partial charge in [0.2, 0.25) is 0 Å². The molecular formula is C21H28O6. The average Bonchev–Trinajstić information content (AvgIpc) is 2.66. The Morgan fingerprint density at radius 1 is 1.11 bits per heavy atom. The lowest BCUT2D eigenvalue weighted by molar-refractivity contribution is -0.647. The minimum absolute atomic E-state index is 0.0678. The van der Waals surface area contributed by atoms with Gasteiger partial charge in [0.25, 0.3) is 5.79 Å². The fraction of sp³-hybridized carbons (Fsp3) is 0.714. The van der Waals surface area contributed by atoms with Crippen molar-refractivity contribution in [1.29, 1.82) is 0 Å². The SMILES string of the molecule is COc1cccc(C2(OC)OOC23C2CC4CC3CC(OCCO)(C4)C2)c1. The molecule has 6 heteroatoms. The number of hydrogen-bond donors (Lipinski definition) is 1. The largest absolute Gasteiger partial charge is 0.497 e. The van der Waals surface area contributed by atoms with E-state index in [1.165, 1.54) is 0 Å². The fourth-order valence-corrected chi connectivity index (χ4v) is 6.63. The average molecular weight is 376 g/mol. The molecule has 27 heavy (non-hydrogen) atoms. The van der Waals surface area contributed by atoms with Crippen LogP contribution < -0.4 is 4.74 Å². The maximum Gasteiger partial charge on any atom is 0.260 e. The molecule has 1 heterocycles. The van der Waals surface area contributed by atoms with E-state index in [0.29, 0.717) is 24.4 Å². The molecule has 4 bridgehead atoms. The van der Waals surface area contributed by atoms with Gasteiger partial charge in [-0.05, 0) is 50.2 Å². The van der Waals surface area contributed by atoms with E-state index < -0.39 is 11.4 Å². The number of hydrogen-bond acceptors (Lipinski definition) is 6. The highest BCUT2D eigenvalue weighted by atomic mass is 17.3. The number of rotatable bonds is 6. The molecule has 1 saturated heterocycles. The van der Waals surface area contributed by atoms with Crippen LogP contribution in [0.2, 0.25) is 0 Å². The molecule has 0 aromatic heterocycles. The first-order valence-electron chi connectivity index (χ1n) is 9.93. The summed E-state index contributed by atoms with van der Waals surface area (Å²) in [5, 5.41) is 9.25. The van der Waals surface area contributed by atoms with Gasteiger partial charge in [0.15, 0.2) is 5.60 Å². The van der Waals surface area contributed by atoms with Crippen LogP contribution >= 0.6 is 0 Å². The molecule has 0 radical (unpaired) electrons. The van der Waals surface area contributed by atoms with Crippen LogP contribution in [0.5, 0.6) is 5.75 Å². The van der Waals surface area contributed by atoms with Crippen molar-refractivity contribution < 1.29 is 29.1 Å². The lowest BCUT2D eigenvalue weighted by Crippen LogP contribution is -2.78. The second kappa shape index (κ2) is 6.16. The number of methoxy groups -OCH3 is 2. The highest BCUT2D eigenvalue weighted by Gasteiger charge is 2.78. The van der Waals surface area contributed by atoms with Gasteiger partial charge in [-0.2, -0.15) is 4.89 Å². The third kappa shape index (κ3) is 2.25. The van der Waals surface area contributed by atoms with Gasteiger partial charge in [-0.15, -0.1) is 0 Å². The number of ether oxygens (including phenoxy) is 3. The zero-order chi connectivity index (χ0) is 18.7. The Balaban J connectivity index is 1.53. The van der Waals surface area contributed by atoms with Crippen LogP contribution in [-0.4, -0.2) is 43.7 Å². The molecule has 148 valence electrons. The Kier molecular flexibility index (Phi) is 4.08. The van der Waals surface area contributed by atoms with Crippen molar-refractivity contribution in [1.82, 2.24) is 0 Å². The molecule has 6 rings (SSSR count). The molecule has 4 aliphatic carbocycles. The Hall–Kier alpha value is -1.18. The van der Waals surface area contributed by atoms with Crippen molar-refractivity contribution >= 4 is 0 Å². The molecule has 0 amide bonds. The Morgan fingerprint density at radius 3 is 2.48 bits per heavy atom.